The number of carbonyl (C=O) groups is 1. The quantitative estimate of drug-likeness (QED) is 0.789. The van der Waals surface area contributed by atoms with Gasteiger partial charge in [0.25, 0.3) is 5.91 Å². The molecule has 1 aromatic carbocycles. The van der Waals surface area contributed by atoms with Crippen molar-refractivity contribution >= 4 is 11.7 Å². The van der Waals surface area contributed by atoms with Crippen LogP contribution in [0.1, 0.15) is 23.8 Å². The number of aromatic nitrogens is 2. The fraction of sp³-hybridized carbons (Fsp3) is 0.286. The summed E-state index contributed by atoms with van der Waals surface area (Å²) in [5.74, 6) is -0.581. The average molecular weight is 327 g/mol. The van der Waals surface area contributed by atoms with Crippen molar-refractivity contribution in [3.8, 4) is 5.75 Å². The number of fused-ring (bicyclic) bond motifs is 1. The maximum atomic E-state index is 12.5. The van der Waals surface area contributed by atoms with E-state index in [0.29, 0.717) is 17.4 Å². The van der Waals surface area contributed by atoms with Gasteiger partial charge in [0, 0.05) is 18.1 Å². The number of nitrogens with one attached hydrogen (secondary N) is 2. The number of para-hydroxylation sites is 1. The second-order valence-corrected chi connectivity index (χ2v) is 5.05. The number of carbonyl (C=O) groups excluding carboxylic acids is 1. The van der Waals surface area contributed by atoms with Gasteiger partial charge in [0.1, 0.15) is 11.4 Å². The summed E-state index contributed by atoms with van der Waals surface area (Å²) < 4.78 is 42.9. The van der Waals surface area contributed by atoms with Crippen molar-refractivity contribution < 1.29 is 27.8 Å². The van der Waals surface area contributed by atoms with Crippen LogP contribution in [0.25, 0.3) is 0 Å². The van der Waals surface area contributed by atoms with Crippen LogP contribution in [0.2, 0.25) is 0 Å². The first-order valence-electron chi connectivity index (χ1n) is 6.71. The Labute approximate surface area is 128 Å². The van der Waals surface area contributed by atoms with Crippen molar-refractivity contribution in [3.63, 3.8) is 0 Å². The number of aliphatic hydroxyl groups excluding tert-OH is 1. The minimum absolute atomic E-state index is 0.000598. The summed E-state index contributed by atoms with van der Waals surface area (Å²) >= 11 is 0. The number of hydrogen-bond acceptors (Lipinski definition) is 4. The van der Waals surface area contributed by atoms with Crippen LogP contribution in [0.5, 0.6) is 5.75 Å². The molecule has 3 N–H and O–H groups in total. The highest BCUT2D eigenvalue weighted by Gasteiger charge is 2.35. The minimum atomic E-state index is -4.58. The summed E-state index contributed by atoms with van der Waals surface area (Å²) in [5.41, 5.74) is -0.501. The van der Waals surface area contributed by atoms with Gasteiger partial charge in [0.15, 0.2) is 11.9 Å². The lowest BCUT2D eigenvalue weighted by Crippen LogP contribution is -2.37. The Morgan fingerprint density at radius 1 is 1.39 bits per heavy atom. The van der Waals surface area contributed by atoms with Crippen LogP contribution in [0.15, 0.2) is 30.3 Å². The lowest BCUT2D eigenvalue weighted by Gasteiger charge is -2.28. The van der Waals surface area contributed by atoms with Crippen LogP contribution in [-0.2, 0) is 11.0 Å². The van der Waals surface area contributed by atoms with Gasteiger partial charge in [-0.25, -0.2) is 0 Å². The maximum absolute atomic E-state index is 12.5. The average Bonchev–Trinajstić information content (AvgIpc) is 2.96. The molecule has 122 valence electrons. The molecule has 0 saturated carbocycles. The summed E-state index contributed by atoms with van der Waals surface area (Å²) in [7, 11) is 0. The van der Waals surface area contributed by atoms with E-state index in [1.165, 1.54) is 0 Å². The summed E-state index contributed by atoms with van der Waals surface area (Å²) in [6.45, 7) is 0. The fourth-order valence-corrected chi connectivity index (χ4v) is 2.29. The van der Waals surface area contributed by atoms with Gasteiger partial charge in [-0.15, -0.1) is 0 Å². The topological polar surface area (TPSA) is 87.2 Å². The molecule has 1 aliphatic rings. The summed E-state index contributed by atoms with van der Waals surface area (Å²) in [5, 5.41) is 17.4. The molecule has 2 aromatic rings. The number of halogens is 3. The monoisotopic (exact) mass is 327 g/mol. The van der Waals surface area contributed by atoms with Gasteiger partial charge >= 0.3 is 6.18 Å². The molecule has 0 aliphatic carbocycles. The molecular weight excluding hydrogens is 315 g/mol. The number of ether oxygens (including phenoxy) is 1. The maximum Gasteiger partial charge on any atom is 0.432 e. The van der Waals surface area contributed by atoms with Crippen molar-refractivity contribution in [1.29, 1.82) is 0 Å². The second kappa shape index (κ2) is 5.58. The number of amides is 1. The van der Waals surface area contributed by atoms with E-state index in [-0.39, 0.29) is 12.2 Å². The highest BCUT2D eigenvalue weighted by atomic mass is 19.4. The first kappa shape index (κ1) is 15.3. The predicted octanol–water partition coefficient (Wildman–Crippen LogP) is 2.25. The number of hydrogen-bond donors (Lipinski definition) is 3. The molecule has 3 rings (SSSR count). The third-order valence-electron chi connectivity index (χ3n) is 3.41. The van der Waals surface area contributed by atoms with Crippen LogP contribution in [-0.4, -0.2) is 27.3 Å². The van der Waals surface area contributed by atoms with Crippen LogP contribution in [0.3, 0.4) is 0 Å². The van der Waals surface area contributed by atoms with E-state index in [2.05, 4.69) is 10.4 Å². The van der Waals surface area contributed by atoms with Gasteiger partial charge in [-0.05, 0) is 6.07 Å². The number of nitrogens with zero attached hydrogens (tertiary/aromatic N) is 1. The number of H-pyrrole nitrogens is 1. The Bertz CT molecular complexity index is 729. The molecule has 1 aliphatic heterocycles. The zero-order chi connectivity index (χ0) is 16.6. The number of aliphatic hydroxyl groups is 1. The number of aromatic amines is 1. The molecule has 1 aromatic heterocycles. The first-order chi connectivity index (χ1) is 10.8. The van der Waals surface area contributed by atoms with Crippen molar-refractivity contribution in [3.05, 3.63) is 41.6 Å². The number of anilines is 1. The SMILES string of the molecule is O=C(Nc1cc(C(F)(F)F)[nH]n1)[C@H]1C[C@@H](O)c2ccccc2O1. The van der Waals surface area contributed by atoms with Crippen molar-refractivity contribution in [2.24, 2.45) is 0 Å². The van der Waals surface area contributed by atoms with Crippen molar-refractivity contribution in [1.82, 2.24) is 10.2 Å². The van der Waals surface area contributed by atoms with Gasteiger partial charge in [-0.1, -0.05) is 18.2 Å². The van der Waals surface area contributed by atoms with Crippen molar-refractivity contribution in [2.75, 3.05) is 5.32 Å². The third kappa shape index (κ3) is 3.14. The van der Waals surface area contributed by atoms with Gasteiger partial charge in [0.2, 0.25) is 0 Å². The molecule has 2 atom stereocenters. The van der Waals surface area contributed by atoms with Gasteiger partial charge in [-0.2, -0.15) is 18.3 Å². The third-order valence-corrected chi connectivity index (χ3v) is 3.41. The van der Waals surface area contributed by atoms with Gasteiger partial charge in [0.05, 0.1) is 6.10 Å². The van der Waals surface area contributed by atoms with E-state index >= 15 is 0 Å². The normalized spacial score (nSPS) is 20.5. The minimum Gasteiger partial charge on any atom is -0.480 e. The van der Waals surface area contributed by atoms with Gasteiger partial charge < -0.3 is 15.2 Å². The molecule has 0 unspecified atom stereocenters. The fourth-order valence-electron chi connectivity index (χ4n) is 2.29. The molecule has 0 radical (unpaired) electrons. The van der Waals surface area contributed by atoms with E-state index in [1.807, 2.05) is 0 Å². The Morgan fingerprint density at radius 3 is 2.83 bits per heavy atom. The highest BCUT2D eigenvalue weighted by Crippen LogP contribution is 2.35. The molecule has 6 nitrogen and oxygen atoms in total. The van der Waals surface area contributed by atoms with E-state index in [0.717, 1.165) is 0 Å². The lowest BCUT2D eigenvalue weighted by molar-refractivity contribution is -0.141. The molecule has 0 bridgehead atoms. The molecule has 23 heavy (non-hydrogen) atoms. The van der Waals surface area contributed by atoms with Gasteiger partial charge in [-0.3, -0.25) is 9.89 Å². The Hall–Kier alpha value is -2.55. The number of alkyl halides is 3. The summed E-state index contributed by atoms with van der Waals surface area (Å²) in [6, 6.07) is 7.39. The van der Waals surface area contributed by atoms with Crippen LogP contribution < -0.4 is 10.1 Å². The van der Waals surface area contributed by atoms with E-state index in [1.54, 1.807) is 29.4 Å². The van der Waals surface area contributed by atoms with E-state index in [4.69, 9.17) is 4.74 Å². The summed E-state index contributed by atoms with van der Waals surface area (Å²) in [6.07, 6.45) is -6.49. The predicted molar refractivity (Wildman–Crippen MR) is 72.7 cm³/mol. The first-order valence-corrected chi connectivity index (χ1v) is 6.71. The Kier molecular flexibility index (Phi) is 3.72. The zero-order valence-electron chi connectivity index (χ0n) is 11.6. The zero-order valence-corrected chi connectivity index (χ0v) is 11.6. The van der Waals surface area contributed by atoms with Crippen LogP contribution >= 0.6 is 0 Å². The van der Waals surface area contributed by atoms with Crippen molar-refractivity contribution in [2.45, 2.75) is 24.8 Å². The number of rotatable bonds is 2. The molecule has 0 fully saturated rings. The van der Waals surface area contributed by atoms with Crippen LogP contribution in [0, 0.1) is 0 Å². The Balaban J connectivity index is 1.71. The second-order valence-electron chi connectivity index (χ2n) is 5.05. The number of benzene rings is 1. The smallest absolute Gasteiger partial charge is 0.432 e. The van der Waals surface area contributed by atoms with E-state index in [9.17, 15) is 23.1 Å². The van der Waals surface area contributed by atoms with Crippen LogP contribution in [0.4, 0.5) is 19.0 Å². The van der Waals surface area contributed by atoms with E-state index < -0.39 is 30.0 Å². The lowest BCUT2D eigenvalue weighted by atomic mass is 9.99. The molecule has 2 heterocycles. The largest absolute Gasteiger partial charge is 0.480 e. The molecule has 9 heteroatoms. The molecule has 0 spiro atoms. The molecular formula is C14H12F3N3O3. The Morgan fingerprint density at radius 2 is 2.13 bits per heavy atom. The standard InChI is InChI=1S/C14H12F3N3O3/c15-14(16,17)11-6-12(20-19-11)18-13(22)10-5-8(21)7-3-1-2-4-9(7)23-10/h1-4,6,8,10,21H,5H2,(H2,18,19,20,22)/t8-,10-/m1/s1. The molecule has 1 amide bonds. The highest BCUT2D eigenvalue weighted by molar-refractivity contribution is 5.93. The molecule has 0 saturated heterocycles. The summed E-state index contributed by atoms with van der Waals surface area (Å²) in [4.78, 5) is 12.1.